The first kappa shape index (κ1) is 15.1. The zero-order valence-corrected chi connectivity index (χ0v) is 13.5. The highest BCUT2D eigenvalue weighted by Crippen LogP contribution is 2.38. The molecule has 1 aliphatic rings. The van der Waals surface area contributed by atoms with Gasteiger partial charge < -0.3 is 15.4 Å². The van der Waals surface area contributed by atoms with Gasteiger partial charge in [0.15, 0.2) is 9.84 Å². The Labute approximate surface area is 134 Å². The highest BCUT2D eigenvalue weighted by Gasteiger charge is 2.37. The molecule has 6 nitrogen and oxygen atoms in total. The summed E-state index contributed by atoms with van der Waals surface area (Å²) < 4.78 is 24.0. The van der Waals surface area contributed by atoms with E-state index in [2.05, 4.69) is 10.3 Å². The fraction of sp³-hybridized carbons (Fsp3) is 0.364. The highest BCUT2D eigenvalue weighted by atomic mass is 35.5. The van der Waals surface area contributed by atoms with Crippen LogP contribution in [0.3, 0.4) is 0 Å². The van der Waals surface area contributed by atoms with Crippen LogP contribution in [0, 0.1) is 0 Å². The van der Waals surface area contributed by atoms with Crippen molar-refractivity contribution in [2.24, 2.45) is 0 Å². The molecule has 2 aromatic rings. The van der Waals surface area contributed by atoms with Gasteiger partial charge in [-0.15, -0.1) is 11.3 Å². The molecule has 10 heteroatoms. The van der Waals surface area contributed by atoms with E-state index in [-0.39, 0.29) is 17.2 Å². The van der Waals surface area contributed by atoms with Gasteiger partial charge in [-0.2, -0.15) is 0 Å². The Morgan fingerprint density at radius 2 is 2.14 bits per heavy atom. The number of carbonyl (C=O) groups is 1. The number of aromatic nitrogens is 1. The minimum atomic E-state index is -3.31. The maximum atomic E-state index is 12.1. The molecule has 3 rings (SSSR count). The third-order valence-electron chi connectivity index (χ3n) is 3.26. The fourth-order valence-corrected chi connectivity index (χ4v) is 5.48. The number of halogens is 2. The van der Waals surface area contributed by atoms with Crippen LogP contribution in [0.15, 0.2) is 6.07 Å². The summed E-state index contributed by atoms with van der Waals surface area (Å²) in [6.07, 6.45) is -1.09. The highest BCUT2D eigenvalue weighted by molar-refractivity contribution is 7.91. The molecule has 21 heavy (non-hydrogen) atoms. The van der Waals surface area contributed by atoms with Gasteiger partial charge in [0.1, 0.15) is 10.0 Å². The number of fused-ring (bicyclic) bond motifs is 1. The molecule has 2 unspecified atom stereocenters. The Bertz CT molecular complexity index is 827. The molecule has 0 saturated carbocycles. The van der Waals surface area contributed by atoms with Gasteiger partial charge in [0.25, 0.3) is 5.91 Å². The van der Waals surface area contributed by atoms with Crippen molar-refractivity contribution < 1.29 is 18.3 Å². The lowest BCUT2D eigenvalue weighted by Crippen LogP contribution is -2.42. The average molecular weight is 369 g/mol. The van der Waals surface area contributed by atoms with Gasteiger partial charge in [-0.3, -0.25) is 4.79 Å². The molecule has 2 aromatic heterocycles. The Morgan fingerprint density at radius 3 is 2.71 bits per heavy atom. The number of sulfone groups is 1. The summed E-state index contributed by atoms with van der Waals surface area (Å²) in [5, 5.41) is 12.5. The Kier molecular flexibility index (Phi) is 3.69. The first-order valence-corrected chi connectivity index (χ1v) is 9.32. The van der Waals surface area contributed by atoms with Gasteiger partial charge in [-0.05, 0) is 6.07 Å². The number of aliphatic hydroxyl groups is 1. The van der Waals surface area contributed by atoms with Crippen molar-refractivity contribution in [3.05, 3.63) is 21.1 Å². The van der Waals surface area contributed by atoms with Gasteiger partial charge >= 0.3 is 0 Å². The Balaban J connectivity index is 1.81. The van der Waals surface area contributed by atoms with E-state index in [1.165, 1.54) is 11.3 Å². The largest absolute Gasteiger partial charge is 0.390 e. The number of hydrogen-bond donors (Lipinski definition) is 3. The first-order valence-electron chi connectivity index (χ1n) is 5.93. The van der Waals surface area contributed by atoms with E-state index in [0.29, 0.717) is 14.9 Å². The molecule has 114 valence electrons. The van der Waals surface area contributed by atoms with Crippen LogP contribution in [0.4, 0.5) is 0 Å². The van der Waals surface area contributed by atoms with Crippen molar-refractivity contribution in [2.45, 2.75) is 12.1 Å². The van der Waals surface area contributed by atoms with Gasteiger partial charge in [0.2, 0.25) is 0 Å². The number of aromatic amines is 1. The molecule has 3 heterocycles. The molecular weight excluding hydrogens is 359 g/mol. The van der Waals surface area contributed by atoms with Crippen LogP contribution < -0.4 is 5.32 Å². The van der Waals surface area contributed by atoms with Crippen LogP contribution in [0.2, 0.25) is 9.36 Å². The monoisotopic (exact) mass is 368 g/mol. The fourth-order valence-electron chi connectivity index (χ4n) is 2.25. The van der Waals surface area contributed by atoms with Gasteiger partial charge in [-0.1, -0.05) is 23.2 Å². The number of nitrogens with one attached hydrogen (secondary N) is 2. The van der Waals surface area contributed by atoms with Crippen molar-refractivity contribution in [1.29, 1.82) is 0 Å². The summed E-state index contributed by atoms with van der Waals surface area (Å²) in [5.74, 6) is -1.09. The van der Waals surface area contributed by atoms with E-state index < -0.39 is 27.9 Å². The Morgan fingerprint density at radius 1 is 1.43 bits per heavy atom. The smallest absolute Gasteiger partial charge is 0.268 e. The molecule has 1 saturated heterocycles. The topological polar surface area (TPSA) is 99.3 Å². The van der Waals surface area contributed by atoms with Crippen molar-refractivity contribution in [2.75, 3.05) is 11.5 Å². The zero-order chi connectivity index (χ0) is 15.4. The molecule has 0 radical (unpaired) electrons. The maximum absolute atomic E-state index is 12.1. The van der Waals surface area contributed by atoms with E-state index in [1.54, 1.807) is 6.07 Å². The van der Waals surface area contributed by atoms with Crippen LogP contribution in [0.1, 0.15) is 10.5 Å². The van der Waals surface area contributed by atoms with Crippen LogP contribution in [-0.4, -0.2) is 48.1 Å². The van der Waals surface area contributed by atoms with E-state index in [1.807, 2.05) is 0 Å². The van der Waals surface area contributed by atoms with E-state index in [9.17, 15) is 18.3 Å². The predicted molar refractivity (Wildman–Crippen MR) is 82.1 cm³/mol. The SMILES string of the molecule is O=C(NC1CS(=O)(=O)CC1O)c1cc2sc(Cl)c(Cl)c2[nH]1. The summed E-state index contributed by atoms with van der Waals surface area (Å²) in [5.41, 5.74) is 0.808. The molecule has 1 aliphatic heterocycles. The molecular formula is C11H10Cl2N2O4S2. The third-order valence-corrected chi connectivity index (χ3v) is 6.91. The maximum Gasteiger partial charge on any atom is 0.268 e. The standard InChI is InChI=1S/C11H10Cl2N2O4S2/c12-8-9-7(20-10(8)13)1-4(14-9)11(17)15-5-2-21(18,19)3-6(5)16/h1,5-6,14,16H,2-3H2,(H,15,17). The number of carbonyl (C=O) groups excluding carboxylic acids is 1. The second-order valence-electron chi connectivity index (χ2n) is 4.84. The molecule has 1 fully saturated rings. The number of thiophene rings is 1. The molecule has 0 aliphatic carbocycles. The number of hydrogen-bond acceptors (Lipinski definition) is 5. The zero-order valence-electron chi connectivity index (χ0n) is 10.4. The lowest BCUT2D eigenvalue weighted by atomic mass is 10.2. The molecule has 2 atom stereocenters. The molecule has 1 amide bonds. The van der Waals surface area contributed by atoms with Crippen LogP contribution in [0.5, 0.6) is 0 Å². The second-order valence-corrected chi connectivity index (χ2v) is 9.02. The molecule has 0 aromatic carbocycles. The summed E-state index contributed by atoms with van der Waals surface area (Å²) in [7, 11) is -3.31. The lowest BCUT2D eigenvalue weighted by Gasteiger charge is -2.13. The summed E-state index contributed by atoms with van der Waals surface area (Å²) in [6, 6.07) is 0.783. The number of amides is 1. The third kappa shape index (κ3) is 2.78. The van der Waals surface area contributed by atoms with Crippen molar-refractivity contribution >= 4 is 60.5 Å². The van der Waals surface area contributed by atoms with Crippen LogP contribution in [0.25, 0.3) is 10.2 Å². The van der Waals surface area contributed by atoms with Crippen molar-refractivity contribution in [3.8, 4) is 0 Å². The quantitative estimate of drug-likeness (QED) is 0.746. The molecule has 0 spiro atoms. The van der Waals surface area contributed by atoms with Crippen LogP contribution >= 0.6 is 34.5 Å². The van der Waals surface area contributed by atoms with E-state index in [4.69, 9.17) is 23.2 Å². The Hall–Kier alpha value is -0.800. The van der Waals surface area contributed by atoms with Gasteiger partial charge in [0.05, 0.1) is 38.9 Å². The lowest BCUT2D eigenvalue weighted by molar-refractivity contribution is 0.0884. The first-order chi connectivity index (χ1) is 9.77. The summed E-state index contributed by atoms with van der Waals surface area (Å²) in [4.78, 5) is 14.9. The molecule has 3 N–H and O–H groups in total. The normalized spacial score (nSPS) is 24.5. The van der Waals surface area contributed by atoms with Gasteiger partial charge in [0, 0.05) is 0 Å². The van der Waals surface area contributed by atoms with E-state index >= 15 is 0 Å². The second kappa shape index (κ2) is 5.13. The van der Waals surface area contributed by atoms with Crippen LogP contribution in [-0.2, 0) is 9.84 Å². The molecule has 0 bridgehead atoms. The number of rotatable bonds is 2. The summed E-state index contributed by atoms with van der Waals surface area (Å²) >= 11 is 13.1. The minimum absolute atomic E-state index is 0.242. The average Bonchev–Trinajstić information content (AvgIpc) is 2.96. The van der Waals surface area contributed by atoms with Crippen molar-refractivity contribution in [1.82, 2.24) is 10.3 Å². The number of aliphatic hydroxyl groups excluding tert-OH is 1. The summed E-state index contributed by atoms with van der Waals surface area (Å²) in [6.45, 7) is 0. The number of H-pyrrole nitrogens is 1. The predicted octanol–water partition coefficient (Wildman–Crippen LogP) is 1.42. The van der Waals surface area contributed by atoms with E-state index in [0.717, 1.165) is 4.70 Å². The minimum Gasteiger partial charge on any atom is -0.390 e. The van der Waals surface area contributed by atoms with Gasteiger partial charge in [-0.25, -0.2) is 8.42 Å². The van der Waals surface area contributed by atoms with Crippen molar-refractivity contribution in [3.63, 3.8) is 0 Å².